The Balaban J connectivity index is 0.000000461. The van der Waals surface area contributed by atoms with Gasteiger partial charge in [0.1, 0.15) is 0 Å². The minimum absolute atomic E-state index is 1.32. The Bertz CT molecular complexity index is 82.9. The predicted octanol–water partition coefficient (Wildman–Crippen LogP) is 2.66. The summed E-state index contributed by atoms with van der Waals surface area (Å²) in [6.07, 6.45) is 4.36. The number of hydrogen-bond acceptors (Lipinski definition) is 0. The first-order valence-electron chi connectivity index (χ1n) is 5.10. The highest BCUT2D eigenvalue weighted by molar-refractivity contribution is 4.49. The van der Waals surface area contributed by atoms with Crippen molar-refractivity contribution in [3.8, 4) is 0 Å². The number of quaternary nitrogens is 1. The molecule has 0 N–H and O–H groups in total. The van der Waals surface area contributed by atoms with Crippen molar-refractivity contribution in [2.45, 2.75) is 40.0 Å². The zero-order chi connectivity index (χ0) is 8.74. The summed E-state index contributed by atoms with van der Waals surface area (Å²) in [4.78, 5) is 0. The minimum Gasteiger partial charge on any atom is -0.326 e. The zero-order valence-electron chi connectivity index (χ0n) is 8.69. The Morgan fingerprint density at radius 1 is 1.00 bits per heavy atom. The van der Waals surface area contributed by atoms with Crippen molar-refractivity contribution in [2.24, 2.45) is 0 Å². The van der Waals surface area contributed by atoms with Gasteiger partial charge >= 0.3 is 0 Å². The van der Waals surface area contributed by atoms with Gasteiger partial charge in [-0.1, -0.05) is 13.8 Å². The topological polar surface area (TPSA) is 0 Å². The number of nitrogens with zero attached hydrogens (tertiary/aromatic N) is 1. The molecule has 0 radical (unpaired) electrons. The molecule has 1 aliphatic heterocycles. The molecule has 0 saturated carbocycles. The first kappa shape index (κ1) is 11.0. The lowest BCUT2D eigenvalue weighted by Crippen LogP contribution is -2.47. The molecule has 0 aromatic carbocycles. The Labute approximate surface area is 72.0 Å². The summed E-state index contributed by atoms with van der Waals surface area (Å²) in [7, 11) is 2.37. The lowest BCUT2D eigenvalue weighted by atomic mass is 10.1. The van der Waals surface area contributed by atoms with E-state index in [1.54, 1.807) is 0 Å². The average molecular weight is 158 g/mol. The maximum atomic E-state index is 2.37. The fourth-order valence-electron chi connectivity index (χ4n) is 1.59. The first-order valence-corrected chi connectivity index (χ1v) is 5.10. The number of hydrogen-bond donors (Lipinski definition) is 0. The highest BCUT2D eigenvalue weighted by atomic mass is 15.3. The molecule has 1 rings (SSSR count). The second-order valence-electron chi connectivity index (χ2n) is 3.44. The van der Waals surface area contributed by atoms with Crippen LogP contribution in [0, 0.1) is 0 Å². The second-order valence-corrected chi connectivity index (χ2v) is 3.44. The first-order chi connectivity index (χ1) is 5.27. The number of piperidine rings is 1. The Morgan fingerprint density at radius 3 is 1.73 bits per heavy atom. The fourth-order valence-corrected chi connectivity index (χ4v) is 1.59. The molecule has 0 bridgehead atoms. The van der Waals surface area contributed by atoms with Gasteiger partial charge in [0.15, 0.2) is 0 Å². The molecular weight excluding hydrogens is 134 g/mol. The highest BCUT2D eigenvalue weighted by Gasteiger charge is 2.21. The third-order valence-electron chi connectivity index (χ3n) is 2.66. The summed E-state index contributed by atoms with van der Waals surface area (Å²) < 4.78 is 1.32. The zero-order valence-corrected chi connectivity index (χ0v) is 8.69. The molecule has 0 aliphatic carbocycles. The van der Waals surface area contributed by atoms with Crippen LogP contribution in [-0.2, 0) is 0 Å². The van der Waals surface area contributed by atoms with E-state index in [0.29, 0.717) is 0 Å². The highest BCUT2D eigenvalue weighted by Crippen LogP contribution is 2.14. The van der Waals surface area contributed by atoms with Crippen LogP contribution in [0.15, 0.2) is 0 Å². The normalized spacial score (nSPS) is 21.8. The van der Waals surface area contributed by atoms with Gasteiger partial charge in [0.2, 0.25) is 0 Å². The SMILES string of the molecule is CC.CC[N+]1(C)CCCCC1. The average Bonchev–Trinajstić information content (AvgIpc) is 2.10. The molecule has 1 aliphatic rings. The molecule has 0 aromatic heterocycles. The molecule has 0 unspecified atom stereocenters. The van der Waals surface area contributed by atoms with Crippen molar-refractivity contribution in [3.05, 3.63) is 0 Å². The van der Waals surface area contributed by atoms with Gasteiger partial charge in [-0.15, -0.1) is 0 Å². The summed E-state index contributed by atoms with van der Waals surface area (Å²) in [5, 5.41) is 0. The van der Waals surface area contributed by atoms with Crippen LogP contribution in [-0.4, -0.2) is 31.2 Å². The van der Waals surface area contributed by atoms with E-state index in [9.17, 15) is 0 Å². The molecule has 1 fully saturated rings. The van der Waals surface area contributed by atoms with Crippen LogP contribution in [0.3, 0.4) is 0 Å². The van der Waals surface area contributed by atoms with Crippen LogP contribution in [0.25, 0.3) is 0 Å². The van der Waals surface area contributed by atoms with Gasteiger partial charge in [-0.05, 0) is 26.2 Å². The van der Waals surface area contributed by atoms with Crippen molar-refractivity contribution in [3.63, 3.8) is 0 Å². The molecule has 0 amide bonds. The van der Waals surface area contributed by atoms with Crippen LogP contribution in [0.1, 0.15) is 40.0 Å². The summed E-state index contributed by atoms with van der Waals surface area (Å²) in [6, 6.07) is 0. The summed E-state index contributed by atoms with van der Waals surface area (Å²) in [5.41, 5.74) is 0. The van der Waals surface area contributed by atoms with Crippen LogP contribution in [0.2, 0.25) is 0 Å². The van der Waals surface area contributed by atoms with Gasteiger partial charge in [-0.25, -0.2) is 0 Å². The lowest BCUT2D eigenvalue weighted by molar-refractivity contribution is -0.912. The summed E-state index contributed by atoms with van der Waals surface area (Å²) >= 11 is 0. The smallest absolute Gasteiger partial charge is 0.0784 e. The number of likely N-dealkylation sites (tertiary alicyclic amines) is 1. The molecule has 0 spiro atoms. The summed E-state index contributed by atoms with van der Waals surface area (Å²) in [6.45, 7) is 10.4. The van der Waals surface area contributed by atoms with Crippen LogP contribution in [0.4, 0.5) is 0 Å². The molecule has 0 atom stereocenters. The van der Waals surface area contributed by atoms with E-state index < -0.39 is 0 Å². The fraction of sp³-hybridized carbons (Fsp3) is 1.00. The second kappa shape index (κ2) is 5.59. The van der Waals surface area contributed by atoms with Crippen molar-refractivity contribution in [2.75, 3.05) is 26.7 Å². The van der Waals surface area contributed by atoms with Gasteiger partial charge < -0.3 is 4.48 Å². The molecule has 1 heterocycles. The van der Waals surface area contributed by atoms with E-state index in [1.165, 1.54) is 43.4 Å². The third kappa shape index (κ3) is 3.76. The molecular formula is C10H24N+. The van der Waals surface area contributed by atoms with Gasteiger partial charge in [-0.2, -0.15) is 0 Å². The molecule has 1 nitrogen and oxygen atoms in total. The predicted molar refractivity (Wildman–Crippen MR) is 51.7 cm³/mol. The maximum Gasteiger partial charge on any atom is 0.0784 e. The largest absolute Gasteiger partial charge is 0.326 e. The molecule has 1 saturated heterocycles. The van der Waals surface area contributed by atoms with E-state index in [1.807, 2.05) is 13.8 Å². The monoisotopic (exact) mass is 158 g/mol. The summed E-state index contributed by atoms with van der Waals surface area (Å²) in [5.74, 6) is 0. The van der Waals surface area contributed by atoms with Crippen LogP contribution < -0.4 is 0 Å². The molecule has 68 valence electrons. The maximum absolute atomic E-state index is 2.37. The van der Waals surface area contributed by atoms with E-state index in [0.717, 1.165) is 0 Å². The molecule has 11 heavy (non-hydrogen) atoms. The lowest BCUT2D eigenvalue weighted by Gasteiger charge is -2.36. The Kier molecular flexibility index (Phi) is 5.57. The van der Waals surface area contributed by atoms with Crippen LogP contribution in [0.5, 0.6) is 0 Å². The van der Waals surface area contributed by atoms with Crippen molar-refractivity contribution in [1.82, 2.24) is 0 Å². The van der Waals surface area contributed by atoms with Crippen molar-refractivity contribution >= 4 is 0 Å². The van der Waals surface area contributed by atoms with E-state index >= 15 is 0 Å². The van der Waals surface area contributed by atoms with Gasteiger partial charge in [0.25, 0.3) is 0 Å². The van der Waals surface area contributed by atoms with E-state index in [-0.39, 0.29) is 0 Å². The molecule has 0 aromatic rings. The van der Waals surface area contributed by atoms with E-state index in [4.69, 9.17) is 0 Å². The van der Waals surface area contributed by atoms with Crippen LogP contribution >= 0.6 is 0 Å². The van der Waals surface area contributed by atoms with Gasteiger partial charge in [0.05, 0.1) is 26.7 Å². The van der Waals surface area contributed by atoms with Gasteiger partial charge in [-0.3, -0.25) is 0 Å². The standard InChI is InChI=1S/C8H18N.C2H6/c1-3-9(2)7-5-4-6-8-9;1-2/h3-8H2,1-2H3;1-2H3/q+1;. The van der Waals surface area contributed by atoms with E-state index in [2.05, 4.69) is 14.0 Å². The Hall–Kier alpha value is -0.0400. The third-order valence-corrected chi connectivity index (χ3v) is 2.66. The van der Waals surface area contributed by atoms with Gasteiger partial charge in [0, 0.05) is 0 Å². The minimum atomic E-state index is 1.32. The van der Waals surface area contributed by atoms with Crippen molar-refractivity contribution < 1.29 is 4.48 Å². The number of rotatable bonds is 1. The quantitative estimate of drug-likeness (QED) is 0.515. The molecule has 1 heteroatoms. The van der Waals surface area contributed by atoms with Crippen molar-refractivity contribution in [1.29, 1.82) is 0 Å². The Morgan fingerprint density at radius 2 is 1.45 bits per heavy atom.